The minimum Gasteiger partial charge on any atom is -0.480 e. The molecule has 80 valence electrons. The maximum absolute atomic E-state index is 10.7. The highest BCUT2D eigenvalue weighted by atomic mass is 35.5. The van der Waals surface area contributed by atoms with E-state index in [1.165, 1.54) is 0 Å². The first-order valence-corrected chi connectivity index (χ1v) is 5.29. The number of halogens is 1. The first-order chi connectivity index (χ1) is 7.16. The summed E-state index contributed by atoms with van der Waals surface area (Å²) in [6.07, 6.45) is 1.54. The van der Waals surface area contributed by atoms with Crippen molar-refractivity contribution in [3.8, 4) is 0 Å². The number of carboxylic acids is 1. The van der Waals surface area contributed by atoms with E-state index in [2.05, 4.69) is 5.32 Å². The predicted molar refractivity (Wildman–Crippen MR) is 58.0 cm³/mol. The van der Waals surface area contributed by atoms with Gasteiger partial charge in [-0.05, 0) is 30.5 Å². The Labute approximate surface area is 93.1 Å². The van der Waals surface area contributed by atoms with E-state index in [1.54, 1.807) is 0 Å². The van der Waals surface area contributed by atoms with Gasteiger partial charge in [-0.3, -0.25) is 10.1 Å². The lowest BCUT2D eigenvalue weighted by molar-refractivity contribution is -0.139. The van der Waals surface area contributed by atoms with Gasteiger partial charge in [0.25, 0.3) is 0 Å². The monoisotopic (exact) mass is 225 g/mol. The van der Waals surface area contributed by atoms with Crippen LogP contribution in [0.1, 0.15) is 24.4 Å². The molecule has 1 aliphatic rings. The van der Waals surface area contributed by atoms with Gasteiger partial charge in [0.1, 0.15) is 6.04 Å². The van der Waals surface area contributed by atoms with Crippen molar-refractivity contribution < 1.29 is 9.90 Å². The Morgan fingerprint density at radius 3 is 2.53 bits per heavy atom. The van der Waals surface area contributed by atoms with Gasteiger partial charge in [0.2, 0.25) is 0 Å². The summed E-state index contributed by atoms with van der Waals surface area (Å²) in [4.78, 5) is 10.7. The van der Waals surface area contributed by atoms with E-state index in [9.17, 15) is 4.79 Å². The summed E-state index contributed by atoms with van der Waals surface area (Å²) in [7, 11) is 0. The Bertz CT molecular complexity index is 363. The summed E-state index contributed by atoms with van der Waals surface area (Å²) in [6.45, 7) is 0. The van der Waals surface area contributed by atoms with Crippen LogP contribution in [-0.4, -0.2) is 17.1 Å². The zero-order chi connectivity index (χ0) is 10.8. The smallest absolute Gasteiger partial charge is 0.320 e. The van der Waals surface area contributed by atoms with E-state index < -0.39 is 12.0 Å². The average Bonchev–Trinajstić information content (AvgIpc) is 2.68. The molecule has 3 nitrogen and oxygen atoms in total. The number of aliphatic carboxylic acids is 1. The van der Waals surface area contributed by atoms with Crippen LogP contribution in [0.25, 0.3) is 0 Å². The SMILES string of the molecule is O=C(O)[C@H]1CC[C@H](c2ccc(Cl)cc2)N1. The quantitative estimate of drug-likeness (QED) is 0.812. The summed E-state index contributed by atoms with van der Waals surface area (Å²) in [5, 5.41) is 12.6. The van der Waals surface area contributed by atoms with Crippen LogP contribution in [0.3, 0.4) is 0 Å². The number of nitrogens with one attached hydrogen (secondary N) is 1. The number of benzene rings is 1. The fraction of sp³-hybridized carbons (Fsp3) is 0.364. The standard InChI is InChI=1S/C11H12ClNO2/c12-8-3-1-7(2-4-8)9-5-6-10(13-9)11(14)15/h1-4,9-10,13H,5-6H2,(H,14,15)/t9-,10-/m1/s1. The molecule has 0 aliphatic carbocycles. The second kappa shape index (κ2) is 4.21. The van der Waals surface area contributed by atoms with Crippen molar-refractivity contribution in [1.82, 2.24) is 5.32 Å². The van der Waals surface area contributed by atoms with E-state index in [1.807, 2.05) is 24.3 Å². The molecule has 0 spiro atoms. The topological polar surface area (TPSA) is 49.3 Å². The van der Waals surface area contributed by atoms with Gasteiger partial charge >= 0.3 is 5.97 Å². The molecule has 0 aromatic heterocycles. The molecule has 2 N–H and O–H groups in total. The van der Waals surface area contributed by atoms with Crippen LogP contribution in [0, 0.1) is 0 Å². The van der Waals surface area contributed by atoms with Gasteiger partial charge < -0.3 is 5.11 Å². The Morgan fingerprint density at radius 2 is 2.00 bits per heavy atom. The molecular formula is C11H12ClNO2. The Hall–Kier alpha value is -1.06. The van der Waals surface area contributed by atoms with Crippen molar-refractivity contribution in [2.75, 3.05) is 0 Å². The highest BCUT2D eigenvalue weighted by Gasteiger charge is 2.29. The third kappa shape index (κ3) is 2.30. The lowest BCUT2D eigenvalue weighted by atomic mass is 10.1. The Balaban J connectivity index is 2.07. The lowest BCUT2D eigenvalue weighted by Crippen LogP contribution is -2.31. The largest absolute Gasteiger partial charge is 0.480 e. The van der Waals surface area contributed by atoms with Crippen molar-refractivity contribution in [2.24, 2.45) is 0 Å². The molecule has 0 radical (unpaired) electrons. The van der Waals surface area contributed by atoms with E-state index in [0.717, 1.165) is 12.0 Å². The van der Waals surface area contributed by atoms with Crippen LogP contribution in [0.2, 0.25) is 5.02 Å². The molecule has 1 aromatic rings. The van der Waals surface area contributed by atoms with Gasteiger partial charge in [-0.25, -0.2) is 0 Å². The average molecular weight is 226 g/mol. The molecule has 4 heteroatoms. The summed E-state index contributed by atoms with van der Waals surface area (Å²) in [5.74, 6) is -0.772. The fourth-order valence-electron chi connectivity index (χ4n) is 1.90. The zero-order valence-corrected chi connectivity index (χ0v) is 8.87. The van der Waals surface area contributed by atoms with Gasteiger partial charge in [-0.1, -0.05) is 23.7 Å². The second-order valence-corrected chi connectivity index (χ2v) is 4.18. The van der Waals surface area contributed by atoms with Gasteiger partial charge in [-0.15, -0.1) is 0 Å². The molecule has 1 aliphatic heterocycles. The zero-order valence-electron chi connectivity index (χ0n) is 8.11. The molecule has 0 amide bonds. The highest BCUT2D eigenvalue weighted by molar-refractivity contribution is 6.30. The molecule has 0 unspecified atom stereocenters. The van der Waals surface area contributed by atoms with Gasteiger partial charge in [0, 0.05) is 11.1 Å². The third-order valence-electron chi connectivity index (χ3n) is 2.72. The number of rotatable bonds is 2. The predicted octanol–water partition coefficient (Wildman–Crippen LogP) is 2.22. The first-order valence-electron chi connectivity index (χ1n) is 4.91. The maximum atomic E-state index is 10.7. The maximum Gasteiger partial charge on any atom is 0.320 e. The van der Waals surface area contributed by atoms with E-state index in [-0.39, 0.29) is 6.04 Å². The lowest BCUT2D eigenvalue weighted by Gasteiger charge is -2.12. The highest BCUT2D eigenvalue weighted by Crippen LogP contribution is 2.27. The van der Waals surface area contributed by atoms with Crippen molar-refractivity contribution in [2.45, 2.75) is 24.9 Å². The number of hydrogen-bond acceptors (Lipinski definition) is 2. The van der Waals surface area contributed by atoms with Crippen molar-refractivity contribution in [3.05, 3.63) is 34.9 Å². The third-order valence-corrected chi connectivity index (χ3v) is 2.97. The molecule has 1 heterocycles. The van der Waals surface area contributed by atoms with Crippen LogP contribution in [0.5, 0.6) is 0 Å². The molecule has 2 rings (SSSR count). The fourth-order valence-corrected chi connectivity index (χ4v) is 2.02. The number of carbonyl (C=O) groups is 1. The Morgan fingerprint density at radius 1 is 1.33 bits per heavy atom. The van der Waals surface area contributed by atoms with Crippen LogP contribution in [0.15, 0.2) is 24.3 Å². The van der Waals surface area contributed by atoms with Crippen LogP contribution >= 0.6 is 11.6 Å². The van der Waals surface area contributed by atoms with E-state index in [0.29, 0.717) is 11.4 Å². The summed E-state index contributed by atoms with van der Waals surface area (Å²) in [5.41, 5.74) is 1.10. The molecule has 1 aromatic carbocycles. The summed E-state index contributed by atoms with van der Waals surface area (Å²) >= 11 is 5.78. The summed E-state index contributed by atoms with van der Waals surface area (Å²) < 4.78 is 0. The van der Waals surface area contributed by atoms with Gasteiger partial charge in [0.05, 0.1) is 0 Å². The van der Waals surface area contributed by atoms with Crippen LogP contribution in [-0.2, 0) is 4.79 Å². The molecule has 0 saturated carbocycles. The van der Waals surface area contributed by atoms with Crippen molar-refractivity contribution >= 4 is 17.6 Å². The molecular weight excluding hydrogens is 214 g/mol. The molecule has 1 fully saturated rings. The van der Waals surface area contributed by atoms with E-state index in [4.69, 9.17) is 16.7 Å². The molecule has 15 heavy (non-hydrogen) atoms. The van der Waals surface area contributed by atoms with Crippen LogP contribution in [0.4, 0.5) is 0 Å². The number of carboxylic acid groups (broad SMARTS) is 1. The van der Waals surface area contributed by atoms with Gasteiger partial charge in [0.15, 0.2) is 0 Å². The Kier molecular flexibility index (Phi) is 2.93. The normalized spacial score (nSPS) is 25.4. The first kappa shape index (κ1) is 10.5. The minimum atomic E-state index is -0.772. The minimum absolute atomic E-state index is 0.142. The second-order valence-electron chi connectivity index (χ2n) is 3.74. The molecule has 0 bridgehead atoms. The van der Waals surface area contributed by atoms with Crippen molar-refractivity contribution in [3.63, 3.8) is 0 Å². The van der Waals surface area contributed by atoms with Crippen molar-refractivity contribution in [1.29, 1.82) is 0 Å². The van der Waals surface area contributed by atoms with E-state index >= 15 is 0 Å². The molecule has 2 atom stereocenters. The van der Waals surface area contributed by atoms with Gasteiger partial charge in [-0.2, -0.15) is 0 Å². The molecule has 1 saturated heterocycles. The summed E-state index contributed by atoms with van der Waals surface area (Å²) in [6, 6.07) is 7.25. The van der Waals surface area contributed by atoms with Crippen LogP contribution < -0.4 is 5.32 Å². The number of hydrogen-bond donors (Lipinski definition) is 2.